The molecule has 0 aliphatic rings. The number of halogens is 1. The monoisotopic (exact) mass is 266 g/mol. The van der Waals surface area contributed by atoms with E-state index in [4.69, 9.17) is 8.85 Å². The number of hydrogen-bond donors (Lipinski definition) is 0. The second kappa shape index (κ2) is 5.96. The lowest BCUT2D eigenvalue weighted by molar-refractivity contribution is 0.118. The molecule has 4 heteroatoms. The van der Waals surface area contributed by atoms with Crippen molar-refractivity contribution in [1.82, 2.24) is 0 Å². The minimum absolute atomic E-state index is 0.181. The molecule has 2 nitrogen and oxygen atoms in total. The van der Waals surface area contributed by atoms with Crippen molar-refractivity contribution in [3.8, 4) is 0 Å². The van der Waals surface area contributed by atoms with E-state index >= 15 is 0 Å². The fraction of sp³-hybridized carbons (Fsp3) is 0.778. The molecule has 0 atom stereocenters. The van der Waals surface area contributed by atoms with Crippen molar-refractivity contribution in [2.24, 2.45) is 0 Å². The molecule has 0 heterocycles. The molecule has 0 aromatic rings. The highest BCUT2D eigenvalue weighted by molar-refractivity contribution is 9.09. The zero-order valence-electron chi connectivity index (χ0n) is 8.84. The quantitative estimate of drug-likeness (QED) is 0.544. The average molecular weight is 267 g/mol. The predicted molar refractivity (Wildman–Crippen MR) is 62.2 cm³/mol. The fourth-order valence-corrected chi connectivity index (χ4v) is 4.60. The van der Waals surface area contributed by atoms with Crippen molar-refractivity contribution in [3.63, 3.8) is 0 Å². The highest BCUT2D eigenvalue weighted by Gasteiger charge is 2.35. The number of rotatable bonds is 6. The highest BCUT2D eigenvalue weighted by Crippen LogP contribution is 2.16. The molecule has 0 aromatic carbocycles. The predicted octanol–water partition coefficient (Wildman–Crippen LogP) is 2.94. The van der Waals surface area contributed by atoms with E-state index in [9.17, 15) is 0 Å². The van der Waals surface area contributed by atoms with Crippen LogP contribution in [0.3, 0.4) is 0 Å². The van der Waals surface area contributed by atoms with Crippen molar-refractivity contribution in [2.45, 2.75) is 39.9 Å². The minimum atomic E-state index is -2.19. The van der Waals surface area contributed by atoms with Gasteiger partial charge >= 0.3 is 8.56 Å². The van der Waals surface area contributed by atoms with Crippen molar-refractivity contribution in [1.29, 1.82) is 0 Å². The third kappa shape index (κ3) is 4.95. The fourth-order valence-electron chi connectivity index (χ4n) is 1.04. The summed E-state index contributed by atoms with van der Waals surface area (Å²) in [5.41, 5.74) is 1.84. The lowest BCUT2D eigenvalue weighted by atomic mass is 10.5. The maximum absolute atomic E-state index is 5.80. The summed E-state index contributed by atoms with van der Waals surface area (Å²) < 4.78 is 11.6. The van der Waals surface area contributed by atoms with E-state index in [2.05, 4.69) is 22.5 Å². The molecule has 0 fully saturated rings. The van der Waals surface area contributed by atoms with Crippen LogP contribution in [0.4, 0.5) is 0 Å². The minimum Gasteiger partial charge on any atom is -0.388 e. The molecule has 0 aliphatic heterocycles. The topological polar surface area (TPSA) is 18.5 Å². The number of alkyl halides is 1. The molecule has 13 heavy (non-hydrogen) atoms. The lowest BCUT2D eigenvalue weighted by Crippen LogP contribution is -2.46. The van der Waals surface area contributed by atoms with Crippen LogP contribution < -0.4 is 0 Å². The van der Waals surface area contributed by atoms with E-state index in [0.717, 1.165) is 4.95 Å². The molecule has 0 saturated heterocycles. The Balaban J connectivity index is 4.39. The van der Waals surface area contributed by atoms with Gasteiger partial charge in [-0.2, -0.15) is 0 Å². The van der Waals surface area contributed by atoms with Gasteiger partial charge in [-0.1, -0.05) is 15.9 Å². The van der Waals surface area contributed by atoms with Gasteiger partial charge in [-0.3, -0.25) is 0 Å². The maximum atomic E-state index is 5.80. The summed E-state index contributed by atoms with van der Waals surface area (Å²) in [6.45, 7) is 11.8. The van der Waals surface area contributed by atoms with Crippen LogP contribution in [0.5, 0.6) is 0 Å². The largest absolute Gasteiger partial charge is 0.388 e. The molecule has 0 saturated carbocycles. The van der Waals surface area contributed by atoms with Gasteiger partial charge in [-0.25, -0.2) is 0 Å². The normalized spacial score (nSPS) is 12.5. The van der Waals surface area contributed by atoms with Crippen LogP contribution in [-0.2, 0) is 8.85 Å². The molecule has 0 unspecified atom stereocenters. The van der Waals surface area contributed by atoms with Crippen LogP contribution in [0.1, 0.15) is 27.7 Å². The standard InChI is InChI=1S/C9H19BrO2Si/c1-6-13(7-10,11-8(2)3)12-9(4)5/h6,8-9H,1,7H2,2-5H3. The van der Waals surface area contributed by atoms with E-state index in [1.54, 1.807) is 0 Å². The second-order valence-corrected chi connectivity index (χ2v) is 7.94. The second-order valence-electron chi connectivity index (χ2n) is 3.48. The van der Waals surface area contributed by atoms with E-state index in [1.807, 2.05) is 33.4 Å². The summed E-state index contributed by atoms with van der Waals surface area (Å²) in [5.74, 6) is 0. The van der Waals surface area contributed by atoms with Crippen molar-refractivity contribution < 1.29 is 8.85 Å². The first kappa shape index (κ1) is 13.4. The molecule has 0 radical (unpaired) electrons. The van der Waals surface area contributed by atoms with E-state index in [0.29, 0.717) is 0 Å². The van der Waals surface area contributed by atoms with Gasteiger partial charge in [0.15, 0.2) is 0 Å². The van der Waals surface area contributed by atoms with Crippen molar-refractivity contribution in [2.75, 3.05) is 4.95 Å². The van der Waals surface area contributed by atoms with E-state index < -0.39 is 8.56 Å². The van der Waals surface area contributed by atoms with Gasteiger partial charge in [0.1, 0.15) is 0 Å². The lowest BCUT2D eigenvalue weighted by Gasteiger charge is -2.29. The summed E-state index contributed by atoms with van der Waals surface area (Å²) in [6.07, 6.45) is 0.363. The molecule has 0 rings (SSSR count). The van der Waals surface area contributed by atoms with E-state index in [1.165, 1.54) is 0 Å². The third-order valence-electron chi connectivity index (χ3n) is 1.37. The van der Waals surface area contributed by atoms with Gasteiger partial charge in [0.25, 0.3) is 0 Å². The molecule has 0 aromatic heterocycles. The van der Waals surface area contributed by atoms with Crippen LogP contribution in [-0.4, -0.2) is 25.7 Å². The molecule has 0 spiro atoms. The first-order valence-corrected chi connectivity index (χ1v) is 7.73. The van der Waals surface area contributed by atoms with Crippen LogP contribution in [0.15, 0.2) is 12.3 Å². The Kier molecular flexibility index (Phi) is 6.12. The zero-order chi connectivity index (χ0) is 10.5. The number of hydrogen-bond acceptors (Lipinski definition) is 2. The molecular formula is C9H19BrO2Si. The van der Waals surface area contributed by atoms with Gasteiger partial charge in [-0.05, 0) is 33.4 Å². The molecule has 78 valence electrons. The Labute approximate surface area is 90.7 Å². The SMILES string of the molecule is C=C[Si](CBr)(OC(C)C)OC(C)C. The van der Waals surface area contributed by atoms with Crippen molar-refractivity contribution >= 4 is 24.5 Å². The Hall–Kier alpha value is 0.357. The summed E-state index contributed by atoms with van der Waals surface area (Å²) in [7, 11) is -2.19. The van der Waals surface area contributed by atoms with Crippen LogP contribution in [0, 0.1) is 0 Å². The first-order chi connectivity index (χ1) is 5.95. The van der Waals surface area contributed by atoms with Gasteiger partial charge in [0, 0.05) is 12.2 Å². The van der Waals surface area contributed by atoms with E-state index in [-0.39, 0.29) is 12.2 Å². The van der Waals surface area contributed by atoms with Gasteiger partial charge in [0.05, 0.1) is 4.95 Å². The Morgan fingerprint density at radius 1 is 1.23 bits per heavy atom. The summed E-state index contributed by atoms with van der Waals surface area (Å²) in [6, 6.07) is 0. The summed E-state index contributed by atoms with van der Waals surface area (Å²) >= 11 is 3.43. The summed E-state index contributed by atoms with van der Waals surface area (Å²) in [5, 5.41) is 0. The maximum Gasteiger partial charge on any atom is 0.375 e. The zero-order valence-corrected chi connectivity index (χ0v) is 11.4. The first-order valence-electron chi connectivity index (χ1n) is 4.51. The molecule has 0 bridgehead atoms. The summed E-state index contributed by atoms with van der Waals surface area (Å²) in [4.78, 5) is 0.736. The third-order valence-corrected chi connectivity index (χ3v) is 6.45. The van der Waals surface area contributed by atoms with Crippen LogP contribution in [0.25, 0.3) is 0 Å². The molecule has 0 amide bonds. The van der Waals surface area contributed by atoms with Gasteiger partial charge in [-0.15, -0.1) is 6.58 Å². The average Bonchev–Trinajstić information content (AvgIpc) is 2.01. The van der Waals surface area contributed by atoms with Gasteiger partial charge < -0.3 is 8.85 Å². The molecule has 0 aliphatic carbocycles. The van der Waals surface area contributed by atoms with Crippen LogP contribution in [0.2, 0.25) is 0 Å². The van der Waals surface area contributed by atoms with Gasteiger partial charge in [0.2, 0.25) is 0 Å². The smallest absolute Gasteiger partial charge is 0.375 e. The Morgan fingerprint density at radius 2 is 1.62 bits per heavy atom. The molecular weight excluding hydrogens is 248 g/mol. The van der Waals surface area contributed by atoms with Crippen molar-refractivity contribution in [3.05, 3.63) is 12.3 Å². The van der Waals surface area contributed by atoms with Crippen LogP contribution >= 0.6 is 15.9 Å². The Bertz CT molecular complexity index is 150. The Morgan fingerprint density at radius 3 is 1.77 bits per heavy atom. The highest BCUT2D eigenvalue weighted by atomic mass is 79.9. The molecule has 0 N–H and O–H groups in total.